The van der Waals surface area contributed by atoms with Gasteiger partial charge in [0.1, 0.15) is 10.7 Å². The number of aliphatic imine (C=N–C) groups is 1. The van der Waals surface area contributed by atoms with E-state index in [0.29, 0.717) is 5.96 Å². The highest BCUT2D eigenvalue weighted by atomic mass is 127. The minimum atomic E-state index is -3.69. The number of rotatable bonds is 6. The second-order valence-corrected chi connectivity index (χ2v) is 9.55. The quantitative estimate of drug-likeness (QED) is 0.335. The van der Waals surface area contributed by atoms with Crippen molar-refractivity contribution in [3.63, 3.8) is 0 Å². The Morgan fingerprint density at radius 3 is 2.45 bits per heavy atom. The van der Waals surface area contributed by atoms with Gasteiger partial charge >= 0.3 is 0 Å². The molecule has 1 saturated heterocycles. The van der Waals surface area contributed by atoms with Crippen LogP contribution in [0.3, 0.4) is 0 Å². The highest BCUT2D eigenvalue weighted by Crippen LogP contribution is 2.15. The molecule has 0 amide bonds. The van der Waals surface area contributed by atoms with Crippen LogP contribution in [0.15, 0.2) is 58.4 Å². The lowest BCUT2D eigenvalue weighted by molar-refractivity contribution is 0.172. The summed E-state index contributed by atoms with van der Waals surface area (Å²) < 4.78 is 38.6. The van der Waals surface area contributed by atoms with Crippen molar-refractivity contribution >= 4 is 39.8 Å². The third kappa shape index (κ3) is 7.15. The Bertz CT molecular complexity index is 993. The maximum atomic E-state index is 13.8. The van der Waals surface area contributed by atoms with Crippen molar-refractivity contribution in [1.29, 1.82) is 0 Å². The predicted octanol–water partition coefficient (Wildman–Crippen LogP) is 2.92. The van der Waals surface area contributed by atoms with Gasteiger partial charge in [-0.2, -0.15) is 0 Å². The van der Waals surface area contributed by atoms with E-state index < -0.39 is 15.7 Å². The maximum Gasteiger partial charge on any atom is 0.193 e. The Labute approximate surface area is 201 Å². The van der Waals surface area contributed by atoms with Crippen LogP contribution in [0.4, 0.5) is 4.39 Å². The number of benzene rings is 2. The van der Waals surface area contributed by atoms with E-state index in [4.69, 9.17) is 0 Å². The molecule has 9 heteroatoms. The summed E-state index contributed by atoms with van der Waals surface area (Å²) >= 11 is 0. The first kappa shape index (κ1) is 25.5. The van der Waals surface area contributed by atoms with Crippen molar-refractivity contribution in [3.8, 4) is 0 Å². The highest BCUT2D eigenvalue weighted by Gasteiger charge is 2.22. The molecule has 0 atom stereocenters. The van der Waals surface area contributed by atoms with E-state index in [0.717, 1.165) is 38.8 Å². The number of piperazine rings is 1. The van der Waals surface area contributed by atoms with Gasteiger partial charge in [0, 0.05) is 46.3 Å². The predicted molar refractivity (Wildman–Crippen MR) is 133 cm³/mol. The number of nitrogens with zero attached hydrogens (tertiary/aromatic N) is 3. The Morgan fingerprint density at radius 2 is 1.81 bits per heavy atom. The fraction of sp³-hybridized carbons (Fsp3) is 0.409. The number of guanidine groups is 1. The summed E-state index contributed by atoms with van der Waals surface area (Å²) in [6, 6.07) is 14.0. The molecule has 0 saturated carbocycles. The molecule has 31 heavy (non-hydrogen) atoms. The van der Waals surface area contributed by atoms with Gasteiger partial charge in [-0.15, -0.1) is 24.0 Å². The Hall–Kier alpha value is -1.72. The van der Waals surface area contributed by atoms with E-state index in [1.807, 2.05) is 0 Å². The molecule has 0 aromatic heterocycles. The molecule has 2 aromatic rings. The largest absolute Gasteiger partial charge is 0.355 e. The molecule has 1 heterocycles. The summed E-state index contributed by atoms with van der Waals surface area (Å²) in [5, 5.41) is 3.11. The summed E-state index contributed by atoms with van der Waals surface area (Å²) in [5.74, 6) is -0.235. The molecular formula is C22H30FIN4O2S. The topological polar surface area (TPSA) is 65.0 Å². The minimum absolute atomic E-state index is 0. The normalized spacial score (nSPS) is 15.5. The Morgan fingerprint density at radius 1 is 1.10 bits per heavy atom. The van der Waals surface area contributed by atoms with Crippen LogP contribution in [-0.4, -0.2) is 69.7 Å². The van der Waals surface area contributed by atoms with Crippen LogP contribution in [0.25, 0.3) is 0 Å². The zero-order valence-corrected chi connectivity index (χ0v) is 21.1. The molecule has 0 unspecified atom stereocenters. The lowest BCUT2D eigenvalue weighted by atomic mass is 10.1. The molecule has 170 valence electrons. The second kappa shape index (κ2) is 11.8. The minimum Gasteiger partial charge on any atom is -0.355 e. The summed E-state index contributed by atoms with van der Waals surface area (Å²) in [7, 11) is -2.00. The van der Waals surface area contributed by atoms with Gasteiger partial charge in [-0.05, 0) is 24.6 Å². The van der Waals surface area contributed by atoms with E-state index in [1.165, 1.54) is 29.3 Å². The SMILES string of the molecule is CN=C(NCCS(=O)(=O)c1ccccc1F)N1CCN(Cc2cccc(C)c2)CC1.I. The average Bonchev–Trinajstić information content (AvgIpc) is 2.72. The van der Waals surface area contributed by atoms with Gasteiger partial charge in [0.15, 0.2) is 15.8 Å². The van der Waals surface area contributed by atoms with Gasteiger partial charge in [0.25, 0.3) is 0 Å². The summed E-state index contributed by atoms with van der Waals surface area (Å²) in [5.41, 5.74) is 2.57. The van der Waals surface area contributed by atoms with Crippen molar-refractivity contribution in [2.24, 2.45) is 4.99 Å². The Kier molecular flexibility index (Phi) is 9.70. The highest BCUT2D eigenvalue weighted by molar-refractivity contribution is 14.0. The first-order valence-electron chi connectivity index (χ1n) is 10.1. The average molecular weight is 560 g/mol. The van der Waals surface area contributed by atoms with E-state index in [9.17, 15) is 12.8 Å². The van der Waals surface area contributed by atoms with Gasteiger partial charge in [0.05, 0.1) is 5.75 Å². The van der Waals surface area contributed by atoms with Crippen LogP contribution in [0, 0.1) is 12.7 Å². The van der Waals surface area contributed by atoms with Crippen LogP contribution < -0.4 is 5.32 Å². The lowest BCUT2D eigenvalue weighted by Crippen LogP contribution is -2.52. The zero-order valence-electron chi connectivity index (χ0n) is 17.9. The van der Waals surface area contributed by atoms with Crippen molar-refractivity contribution in [2.45, 2.75) is 18.4 Å². The molecule has 3 rings (SSSR count). The molecule has 0 radical (unpaired) electrons. The monoisotopic (exact) mass is 560 g/mol. The molecule has 0 aliphatic carbocycles. The molecule has 2 aromatic carbocycles. The Balaban J connectivity index is 0.00000341. The number of aryl methyl sites for hydroxylation is 1. The maximum absolute atomic E-state index is 13.8. The fourth-order valence-electron chi connectivity index (χ4n) is 3.62. The molecular weight excluding hydrogens is 530 g/mol. The molecule has 1 N–H and O–H groups in total. The molecule has 0 bridgehead atoms. The zero-order chi connectivity index (χ0) is 21.6. The molecule has 6 nitrogen and oxygen atoms in total. The van der Waals surface area contributed by atoms with Crippen molar-refractivity contribution < 1.29 is 12.8 Å². The van der Waals surface area contributed by atoms with Gasteiger partial charge in [0.2, 0.25) is 0 Å². The molecule has 1 aliphatic heterocycles. The van der Waals surface area contributed by atoms with Crippen molar-refractivity contribution in [1.82, 2.24) is 15.1 Å². The number of sulfone groups is 1. The van der Waals surface area contributed by atoms with Crippen molar-refractivity contribution in [2.75, 3.05) is 45.5 Å². The standard InChI is InChI=1S/C22H29FN4O2S.HI/c1-18-6-5-7-19(16-18)17-26-11-13-27(14-12-26)22(24-2)25-10-15-30(28,29)21-9-4-3-8-20(21)23;/h3-9,16H,10-15,17H2,1-2H3,(H,24,25);1H. The molecule has 1 aliphatic rings. The van der Waals surface area contributed by atoms with Gasteiger partial charge in [-0.3, -0.25) is 9.89 Å². The summed E-state index contributed by atoms with van der Waals surface area (Å²) in [6.45, 7) is 6.63. The van der Waals surface area contributed by atoms with E-state index >= 15 is 0 Å². The third-order valence-electron chi connectivity index (χ3n) is 5.20. The number of hydrogen-bond donors (Lipinski definition) is 1. The first-order valence-corrected chi connectivity index (χ1v) is 11.7. The summed E-state index contributed by atoms with van der Waals surface area (Å²) in [6.07, 6.45) is 0. The third-order valence-corrected chi connectivity index (χ3v) is 6.94. The van der Waals surface area contributed by atoms with Gasteiger partial charge in [-0.25, -0.2) is 12.8 Å². The van der Waals surface area contributed by atoms with Crippen LogP contribution in [0.1, 0.15) is 11.1 Å². The number of nitrogens with one attached hydrogen (secondary N) is 1. The number of halogens is 2. The van der Waals surface area contributed by atoms with E-state index in [1.54, 1.807) is 7.05 Å². The number of hydrogen-bond acceptors (Lipinski definition) is 4. The second-order valence-electron chi connectivity index (χ2n) is 7.48. The van der Waals surface area contributed by atoms with Crippen LogP contribution in [0.2, 0.25) is 0 Å². The van der Waals surface area contributed by atoms with E-state index in [-0.39, 0.29) is 41.2 Å². The van der Waals surface area contributed by atoms with Gasteiger partial charge in [-0.1, -0.05) is 42.0 Å². The van der Waals surface area contributed by atoms with Crippen LogP contribution >= 0.6 is 24.0 Å². The van der Waals surface area contributed by atoms with Crippen LogP contribution in [0.5, 0.6) is 0 Å². The van der Waals surface area contributed by atoms with E-state index in [2.05, 4.69) is 51.3 Å². The molecule has 1 fully saturated rings. The first-order chi connectivity index (χ1) is 14.4. The van der Waals surface area contributed by atoms with Crippen LogP contribution in [-0.2, 0) is 16.4 Å². The van der Waals surface area contributed by atoms with Gasteiger partial charge < -0.3 is 10.2 Å². The summed E-state index contributed by atoms with van der Waals surface area (Å²) in [4.78, 5) is 8.56. The lowest BCUT2D eigenvalue weighted by Gasteiger charge is -2.36. The molecule has 0 spiro atoms. The smallest absolute Gasteiger partial charge is 0.193 e. The fourth-order valence-corrected chi connectivity index (χ4v) is 4.86. The van der Waals surface area contributed by atoms with Crippen molar-refractivity contribution in [3.05, 3.63) is 65.5 Å².